The van der Waals surface area contributed by atoms with Crippen molar-refractivity contribution in [3.05, 3.63) is 23.1 Å². The third-order valence-corrected chi connectivity index (χ3v) is 4.08. The van der Waals surface area contributed by atoms with Crippen LogP contribution in [-0.4, -0.2) is 29.9 Å². The summed E-state index contributed by atoms with van der Waals surface area (Å²) in [4.78, 5) is 9.51. The fourth-order valence-corrected chi connectivity index (χ4v) is 3.08. The maximum absolute atomic E-state index is 4.82. The minimum atomic E-state index is 0.279. The molecule has 108 valence electrons. The Morgan fingerprint density at radius 3 is 2.81 bits per heavy atom. The van der Waals surface area contributed by atoms with Gasteiger partial charge in [-0.1, -0.05) is 0 Å². The van der Waals surface area contributed by atoms with Crippen molar-refractivity contribution in [3.8, 4) is 11.5 Å². The van der Waals surface area contributed by atoms with Crippen LogP contribution in [0.15, 0.2) is 6.20 Å². The fraction of sp³-hybridized carbons (Fsp3) is 0.467. The average molecular weight is 282 g/mol. The Morgan fingerprint density at radius 2 is 2.00 bits per heavy atom. The van der Waals surface area contributed by atoms with E-state index in [1.54, 1.807) is 0 Å². The lowest BCUT2D eigenvalue weighted by molar-refractivity contribution is 0.536. The van der Waals surface area contributed by atoms with Gasteiger partial charge in [-0.15, -0.1) is 0 Å². The number of hydrogen-bond donors (Lipinski definition) is 1. The predicted molar refractivity (Wildman–Crippen MR) is 80.1 cm³/mol. The molecule has 6 nitrogen and oxygen atoms in total. The summed E-state index contributed by atoms with van der Waals surface area (Å²) in [6.07, 6.45) is 4.99. The molecule has 21 heavy (non-hydrogen) atoms. The first kappa shape index (κ1) is 12.5. The Hall–Kier alpha value is -2.24. The summed E-state index contributed by atoms with van der Waals surface area (Å²) in [5, 5.41) is 13.0. The van der Waals surface area contributed by atoms with E-state index in [1.165, 1.54) is 0 Å². The molecule has 3 heterocycles. The Kier molecular flexibility index (Phi) is 2.60. The van der Waals surface area contributed by atoms with Crippen LogP contribution in [0.2, 0.25) is 0 Å². The molecule has 0 unspecified atom stereocenters. The van der Waals surface area contributed by atoms with Crippen LogP contribution in [0.4, 0.5) is 0 Å². The van der Waals surface area contributed by atoms with E-state index in [1.807, 2.05) is 10.9 Å². The van der Waals surface area contributed by atoms with Crippen LogP contribution in [0.1, 0.15) is 43.3 Å². The van der Waals surface area contributed by atoms with E-state index in [0.717, 1.165) is 58.8 Å². The van der Waals surface area contributed by atoms with Crippen molar-refractivity contribution in [1.29, 1.82) is 0 Å². The summed E-state index contributed by atoms with van der Waals surface area (Å²) in [7, 11) is 0. The summed E-state index contributed by atoms with van der Waals surface area (Å²) in [6.45, 7) is 6.29. The van der Waals surface area contributed by atoms with Crippen molar-refractivity contribution in [1.82, 2.24) is 29.9 Å². The molecule has 0 aromatic carbocycles. The molecule has 0 atom stereocenters. The second-order valence-electron chi connectivity index (χ2n) is 5.96. The van der Waals surface area contributed by atoms with Gasteiger partial charge in [0.1, 0.15) is 5.69 Å². The Morgan fingerprint density at radius 1 is 1.19 bits per heavy atom. The molecule has 1 N–H and O–H groups in total. The van der Waals surface area contributed by atoms with Crippen molar-refractivity contribution < 1.29 is 0 Å². The summed E-state index contributed by atoms with van der Waals surface area (Å²) >= 11 is 0. The standard InChI is InChI=1S/C15H18N6/c1-8(2)21-13(9(3)7-16-21)15-17-10-5-4-6-11-12(10)14(18-15)20-19-11/h7-8H,4-6H2,1-3H3,(H,17,18,19,20). The highest BCUT2D eigenvalue weighted by atomic mass is 15.3. The van der Waals surface area contributed by atoms with Crippen LogP contribution < -0.4 is 0 Å². The average Bonchev–Trinajstić information content (AvgIpc) is 3.04. The summed E-state index contributed by atoms with van der Waals surface area (Å²) in [6, 6.07) is 0.279. The van der Waals surface area contributed by atoms with E-state index in [2.05, 4.69) is 36.1 Å². The van der Waals surface area contributed by atoms with Gasteiger partial charge in [0.25, 0.3) is 0 Å². The van der Waals surface area contributed by atoms with Gasteiger partial charge in [-0.25, -0.2) is 9.97 Å². The number of hydrogen-bond acceptors (Lipinski definition) is 4. The normalized spacial score (nSPS) is 14.3. The molecule has 0 fully saturated rings. The second kappa shape index (κ2) is 4.38. The smallest absolute Gasteiger partial charge is 0.180 e. The SMILES string of the molecule is Cc1cnn(C(C)C)c1-c1nc2c3c(n[nH]c3n1)CCC2. The van der Waals surface area contributed by atoms with Crippen LogP contribution in [-0.2, 0) is 12.8 Å². The number of rotatable bonds is 2. The highest BCUT2D eigenvalue weighted by molar-refractivity contribution is 5.83. The van der Waals surface area contributed by atoms with Gasteiger partial charge in [-0.05, 0) is 45.6 Å². The van der Waals surface area contributed by atoms with Gasteiger partial charge < -0.3 is 0 Å². The molecule has 0 amide bonds. The molecular weight excluding hydrogens is 264 g/mol. The first-order chi connectivity index (χ1) is 10.1. The Labute approximate surface area is 122 Å². The first-order valence-electron chi connectivity index (χ1n) is 7.43. The molecule has 0 aliphatic heterocycles. The van der Waals surface area contributed by atoms with Gasteiger partial charge >= 0.3 is 0 Å². The fourth-order valence-electron chi connectivity index (χ4n) is 3.08. The van der Waals surface area contributed by atoms with Gasteiger partial charge in [-0.3, -0.25) is 9.78 Å². The van der Waals surface area contributed by atoms with Crippen molar-refractivity contribution in [3.63, 3.8) is 0 Å². The maximum atomic E-state index is 4.82. The molecular formula is C15H18N6. The number of nitrogens with one attached hydrogen (secondary N) is 1. The molecule has 0 bridgehead atoms. The monoisotopic (exact) mass is 282 g/mol. The lowest BCUT2D eigenvalue weighted by Crippen LogP contribution is -2.09. The molecule has 0 saturated carbocycles. The Balaban J connectivity index is 1.98. The zero-order valence-electron chi connectivity index (χ0n) is 12.5. The maximum Gasteiger partial charge on any atom is 0.180 e. The first-order valence-corrected chi connectivity index (χ1v) is 7.43. The highest BCUT2D eigenvalue weighted by Crippen LogP contribution is 2.29. The van der Waals surface area contributed by atoms with Crippen LogP contribution in [0.5, 0.6) is 0 Å². The molecule has 1 aliphatic rings. The van der Waals surface area contributed by atoms with Crippen molar-refractivity contribution >= 4 is 11.0 Å². The molecule has 0 saturated heterocycles. The molecule has 6 heteroatoms. The minimum absolute atomic E-state index is 0.279. The topological polar surface area (TPSA) is 72.3 Å². The van der Waals surface area contributed by atoms with E-state index in [9.17, 15) is 0 Å². The number of nitrogens with zero attached hydrogens (tertiary/aromatic N) is 5. The van der Waals surface area contributed by atoms with Gasteiger partial charge in [0.05, 0.1) is 23.0 Å². The van der Waals surface area contributed by atoms with Crippen LogP contribution in [0.3, 0.4) is 0 Å². The van der Waals surface area contributed by atoms with E-state index in [4.69, 9.17) is 9.97 Å². The molecule has 0 radical (unpaired) electrons. The van der Waals surface area contributed by atoms with Gasteiger partial charge in [0.15, 0.2) is 11.5 Å². The summed E-state index contributed by atoms with van der Waals surface area (Å²) in [5.74, 6) is 0.748. The minimum Gasteiger partial charge on any atom is -0.260 e. The number of aromatic amines is 1. The van der Waals surface area contributed by atoms with Crippen LogP contribution >= 0.6 is 0 Å². The molecule has 0 spiro atoms. The van der Waals surface area contributed by atoms with E-state index < -0.39 is 0 Å². The van der Waals surface area contributed by atoms with Crippen LogP contribution in [0, 0.1) is 6.92 Å². The third kappa shape index (κ3) is 1.78. The Bertz CT molecular complexity index is 826. The quantitative estimate of drug-likeness (QED) is 0.784. The molecule has 3 aromatic rings. The van der Waals surface area contributed by atoms with Gasteiger partial charge in [0.2, 0.25) is 0 Å². The van der Waals surface area contributed by atoms with Crippen molar-refractivity contribution in [2.75, 3.05) is 0 Å². The molecule has 3 aromatic heterocycles. The number of aryl methyl sites for hydroxylation is 3. The highest BCUT2D eigenvalue weighted by Gasteiger charge is 2.22. The van der Waals surface area contributed by atoms with Crippen molar-refractivity contribution in [2.24, 2.45) is 0 Å². The third-order valence-electron chi connectivity index (χ3n) is 4.08. The zero-order valence-corrected chi connectivity index (χ0v) is 12.5. The van der Waals surface area contributed by atoms with E-state index in [-0.39, 0.29) is 6.04 Å². The lowest BCUT2D eigenvalue weighted by Gasteiger charge is -2.14. The number of H-pyrrole nitrogens is 1. The number of aromatic nitrogens is 6. The van der Waals surface area contributed by atoms with Crippen molar-refractivity contribution in [2.45, 2.75) is 46.1 Å². The molecule has 1 aliphatic carbocycles. The van der Waals surface area contributed by atoms with Gasteiger partial charge in [0, 0.05) is 6.04 Å². The second-order valence-corrected chi connectivity index (χ2v) is 5.96. The van der Waals surface area contributed by atoms with E-state index >= 15 is 0 Å². The van der Waals surface area contributed by atoms with Gasteiger partial charge in [-0.2, -0.15) is 10.2 Å². The largest absolute Gasteiger partial charge is 0.260 e. The molecule has 4 rings (SSSR count). The predicted octanol–water partition coefficient (Wildman–Crippen LogP) is 2.59. The van der Waals surface area contributed by atoms with E-state index in [0.29, 0.717) is 0 Å². The summed E-state index contributed by atoms with van der Waals surface area (Å²) in [5.41, 5.74) is 5.17. The summed E-state index contributed by atoms with van der Waals surface area (Å²) < 4.78 is 1.99. The zero-order chi connectivity index (χ0) is 14.6. The lowest BCUT2D eigenvalue weighted by atomic mass is 10.0. The van der Waals surface area contributed by atoms with Crippen LogP contribution in [0.25, 0.3) is 22.6 Å².